The van der Waals surface area contributed by atoms with E-state index in [1.54, 1.807) is 0 Å². The summed E-state index contributed by atoms with van der Waals surface area (Å²) >= 11 is 0. The van der Waals surface area contributed by atoms with E-state index in [-0.39, 0.29) is 31.1 Å². The lowest BCUT2D eigenvalue weighted by Gasteiger charge is -2.18. The van der Waals surface area contributed by atoms with Gasteiger partial charge in [0.2, 0.25) is 0 Å². The second-order valence-corrected chi connectivity index (χ2v) is 18.6. The number of ether oxygens (including phenoxy) is 3. The van der Waals surface area contributed by atoms with Crippen molar-refractivity contribution in [2.45, 2.75) is 290 Å². The molecule has 0 spiro atoms. The molecule has 64 heavy (non-hydrogen) atoms. The average molecular weight is 897 g/mol. The van der Waals surface area contributed by atoms with E-state index in [1.807, 2.05) is 0 Å². The largest absolute Gasteiger partial charge is 0.462 e. The Labute approximate surface area is 397 Å². The molecule has 0 amide bonds. The lowest BCUT2D eigenvalue weighted by molar-refractivity contribution is -0.167. The molecule has 0 bridgehead atoms. The van der Waals surface area contributed by atoms with Gasteiger partial charge in [-0.05, 0) is 44.9 Å². The van der Waals surface area contributed by atoms with Crippen LogP contribution < -0.4 is 0 Å². The Morgan fingerprint density at radius 2 is 0.562 bits per heavy atom. The summed E-state index contributed by atoms with van der Waals surface area (Å²) in [5, 5.41) is 0. The minimum absolute atomic E-state index is 0.0792. The Kier molecular flexibility index (Phi) is 50.8. The fourth-order valence-electron chi connectivity index (χ4n) is 7.99. The molecule has 0 rings (SSSR count). The van der Waals surface area contributed by atoms with Gasteiger partial charge in [0.05, 0.1) is 0 Å². The van der Waals surface area contributed by atoms with Gasteiger partial charge in [0, 0.05) is 19.3 Å². The summed E-state index contributed by atoms with van der Waals surface area (Å²) in [5.74, 6) is -0.892. The van der Waals surface area contributed by atoms with Gasteiger partial charge in [0.25, 0.3) is 0 Å². The number of allylic oxidation sites excluding steroid dienone is 8. The highest BCUT2D eigenvalue weighted by atomic mass is 16.6. The summed E-state index contributed by atoms with van der Waals surface area (Å²) in [6.07, 6.45) is 63.9. The van der Waals surface area contributed by atoms with Gasteiger partial charge in [-0.2, -0.15) is 0 Å². The summed E-state index contributed by atoms with van der Waals surface area (Å²) in [4.78, 5) is 38.0. The lowest BCUT2D eigenvalue weighted by Crippen LogP contribution is -2.30. The van der Waals surface area contributed by atoms with Crippen molar-refractivity contribution in [3.8, 4) is 0 Å². The standard InChI is InChI=1S/C58H104O6/c1-4-7-10-13-16-19-21-23-25-27-29-31-32-34-36-39-42-45-48-51-57(60)63-54-55(53-62-56(59)50-47-44-41-38-18-15-12-9-6-3)64-58(61)52-49-46-43-40-37-35-33-30-28-26-24-22-20-17-14-11-8-5-2/h17,20,22,24,26,28,30,33,55H,4-16,18-19,21,23,25,27,29,31-32,34-54H2,1-3H3/b20-17-,24-22-,28-26-,33-30-. The Morgan fingerprint density at radius 3 is 0.906 bits per heavy atom. The fourth-order valence-corrected chi connectivity index (χ4v) is 7.99. The summed E-state index contributed by atoms with van der Waals surface area (Å²) in [7, 11) is 0. The highest BCUT2D eigenvalue weighted by Crippen LogP contribution is 2.16. The molecular weight excluding hydrogens is 793 g/mol. The van der Waals surface area contributed by atoms with Crippen LogP contribution in [0.4, 0.5) is 0 Å². The van der Waals surface area contributed by atoms with Crippen LogP contribution in [-0.4, -0.2) is 37.2 Å². The molecule has 0 aliphatic rings. The monoisotopic (exact) mass is 897 g/mol. The van der Waals surface area contributed by atoms with Crippen molar-refractivity contribution in [2.24, 2.45) is 0 Å². The Hall–Kier alpha value is -2.63. The Morgan fingerprint density at radius 1 is 0.312 bits per heavy atom. The zero-order valence-electron chi connectivity index (χ0n) is 42.6. The number of rotatable bonds is 50. The Balaban J connectivity index is 4.31. The van der Waals surface area contributed by atoms with Crippen LogP contribution >= 0.6 is 0 Å². The second-order valence-electron chi connectivity index (χ2n) is 18.6. The quantitative estimate of drug-likeness (QED) is 0.0262. The topological polar surface area (TPSA) is 78.9 Å². The van der Waals surface area contributed by atoms with Crippen molar-refractivity contribution in [1.29, 1.82) is 0 Å². The van der Waals surface area contributed by atoms with E-state index in [1.165, 1.54) is 161 Å². The first kappa shape index (κ1) is 61.4. The van der Waals surface area contributed by atoms with Crippen molar-refractivity contribution < 1.29 is 28.6 Å². The van der Waals surface area contributed by atoms with Crippen molar-refractivity contribution in [1.82, 2.24) is 0 Å². The van der Waals surface area contributed by atoms with E-state index in [0.717, 1.165) is 83.5 Å². The van der Waals surface area contributed by atoms with Crippen LogP contribution in [0.2, 0.25) is 0 Å². The molecule has 0 aromatic carbocycles. The number of carbonyl (C=O) groups excluding carboxylic acids is 3. The van der Waals surface area contributed by atoms with Crippen LogP contribution in [0.1, 0.15) is 284 Å². The molecule has 0 radical (unpaired) electrons. The summed E-state index contributed by atoms with van der Waals surface area (Å²) in [6.45, 7) is 6.59. The normalized spacial score (nSPS) is 12.4. The molecule has 0 fully saturated rings. The summed E-state index contributed by atoms with van der Waals surface area (Å²) < 4.78 is 16.8. The predicted molar refractivity (Wildman–Crippen MR) is 275 cm³/mol. The zero-order chi connectivity index (χ0) is 46.5. The van der Waals surface area contributed by atoms with E-state index < -0.39 is 6.10 Å². The van der Waals surface area contributed by atoms with Gasteiger partial charge in [0.1, 0.15) is 13.2 Å². The first-order chi connectivity index (χ1) is 31.5. The molecule has 6 nitrogen and oxygen atoms in total. The van der Waals surface area contributed by atoms with E-state index in [0.29, 0.717) is 19.3 Å². The summed E-state index contributed by atoms with van der Waals surface area (Å²) in [5.41, 5.74) is 0. The molecule has 0 aliphatic heterocycles. The van der Waals surface area contributed by atoms with Crippen LogP contribution in [0.15, 0.2) is 48.6 Å². The predicted octanol–water partition coefficient (Wildman–Crippen LogP) is 18.3. The molecule has 0 aromatic rings. The van der Waals surface area contributed by atoms with Crippen molar-refractivity contribution in [2.75, 3.05) is 13.2 Å². The van der Waals surface area contributed by atoms with Crippen LogP contribution in [0.5, 0.6) is 0 Å². The van der Waals surface area contributed by atoms with E-state index in [4.69, 9.17) is 14.2 Å². The SMILES string of the molecule is CCCCC\C=C/C=C\C=C/C=C\CCCCCCCC(=O)OC(COC(=O)CCCCCCCCCCC)COC(=O)CCCCCCCCCCCCCCCCCCCCC. The molecular formula is C58H104O6. The third kappa shape index (κ3) is 50.4. The van der Waals surface area contributed by atoms with Gasteiger partial charge in [-0.25, -0.2) is 0 Å². The lowest BCUT2D eigenvalue weighted by atomic mass is 10.0. The van der Waals surface area contributed by atoms with Crippen LogP contribution in [0, 0.1) is 0 Å². The maximum absolute atomic E-state index is 12.8. The minimum Gasteiger partial charge on any atom is -0.462 e. The molecule has 0 aliphatic carbocycles. The van der Waals surface area contributed by atoms with Gasteiger partial charge in [-0.1, -0.05) is 268 Å². The fraction of sp³-hybridized carbons (Fsp3) is 0.810. The molecule has 0 N–H and O–H groups in total. The highest BCUT2D eigenvalue weighted by molar-refractivity contribution is 5.71. The number of carbonyl (C=O) groups is 3. The molecule has 1 unspecified atom stereocenters. The highest BCUT2D eigenvalue weighted by Gasteiger charge is 2.19. The molecule has 1 atom stereocenters. The maximum Gasteiger partial charge on any atom is 0.306 e. The van der Waals surface area contributed by atoms with Crippen molar-refractivity contribution >= 4 is 17.9 Å². The van der Waals surface area contributed by atoms with Crippen LogP contribution in [0.25, 0.3) is 0 Å². The van der Waals surface area contributed by atoms with Gasteiger partial charge < -0.3 is 14.2 Å². The third-order valence-corrected chi connectivity index (χ3v) is 12.2. The maximum atomic E-state index is 12.8. The molecule has 0 saturated heterocycles. The van der Waals surface area contributed by atoms with E-state index in [9.17, 15) is 14.4 Å². The van der Waals surface area contributed by atoms with Crippen LogP contribution in [0.3, 0.4) is 0 Å². The third-order valence-electron chi connectivity index (χ3n) is 12.2. The van der Waals surface area contributed by atoms with Gasteiger partial charge >= 0.3 is 17.9 Å². The average Bonchev–Trinajstić information content (AvgIpc) is 3.29. The number of hydrogen-bond acceptors (Lipinski definition) is 6. The molecule has 0 saturated carbocycles. The Bertz CT molecular complexity index is 1120. The van der Waals surface area contributed by atoms with Gasteiger partial charge in [0.15, 0.2) is 6.10 Å². The van der Waals surface area contributed by atoms with Crippen molar-refractivity contribution in [3.63, 3.8) is 0 Å². The van der Waals surface area contributed by atoms with Crippen LogP contribution in [-0.2, 0) is 28.6 Å². The summed E-state index contributed by atoms with van der Waals surface area (Å²) in [6, 6.07) is 0. The minimum atomic E-state index is -0.781. The van der Waals surface area contributed by atoms with E-state index in [2.05, 4.69) is 69.4 Å². The van der Waals surface area contributed by atoms with E-state index >= 15 is 0 Å². The second kappa shape index (κ2) is 53.0. The van der Waals surface area contributed by atoms with Crippen molar-refractivity contribution in [3.05, 3.63) is 48.6 Å². The number of hydrogen-bond donors (Lipinski definition) is 0. The van der Waals surface area contributed by atoms with Gasteiger partial charge in [-0.3, -0.25) is 14.4 Å². The molecule has 6 heteroatoms. The first-order valence-corrected chi connectivity index (χ1v) is 27.7. The number of esters is 3. The molecule has 372 valence electrons. The smallest absolute Gasteiger partial charge is 0.306 e. The molecule has 0 aromatic heterocycles. The number of unbranched alkanes of at least 4 members (excludes halogenated alkanes) is 34. The first-order valence-electron chi connectivity index (χ1n) is 27.7. The molecule has 0 heterocycles. The van der Waals surface area contributed by atoms with Gasteiger partial charge in [-0.15, -0.1) is 0 Å². The zero-order valence-corrected chi connectivity index (χ0v) is 42.6.